The molecule has 0 spiro atoms. The summed E-state index contributed by atoms with van der Waals surface area (Å²) in [4.78, 5) is 5.28. The molecule has 0 aliphatic carbocycles. The number of hydrogen-bond acceptors (Lipinski definition) is 2. The lowest BCUT2D eigenvalue weighted by atomic mass is 9.93. The van der Waals surface area contributed by atoms with Crippen molar-refractivity contribution in [3.63, 3.8) is 0 Å². The third-order valence-corrected chi connectivity index (χ3v) is 7.37. The quantitative estimate of drug-likeness (QED) is 0.244. The summed E-state index contributed by atoms with van der Waals surface area (Å²) in [5, 5.41) is 4.14. The first-order valence-electron chi connectivity index (χ1n) is 12.9. The Labute approximate surface area is 232 Å². The molecule has 0 bridgehead atoms. The maximum absolute atomic E-state index is 6.43. The minimum Gasteiger partial charge on any atom is -0.354 e. The van der Waals surface area contributed by atoms with Gasteiger partial charge >= 0.3 is 0 Å². The maximum atomic E-state index is 6.43. The van der Waals surface area contributed by atoms with Crippen molar-refractivity contribution in [3.05, 3.63) is 145 Å². The zero-order valence-electron chi connectivity index (χ0n) is 21.1. The molecule has 3 nitrogen and oxygen atoms in total. The normalized spacial score (nSPS) is 11.2. The van der Waals surface area contributed by atoms with Gasteiger partial charge in [-0.3, -0.25) is 4.40 Å². The highest BCUT2D eigenvalue weighted by Crippen LogP contribution is 2.41. The number of pyridine rings is 1. The van der Waals surface area contributed by atoms with Crippen LogP contribution in [0.1, 0.15) is 0 Å². The number of hydrogen-bond donors (Lipinski definition) is 1. The molecule has 5 aromatic carbocycles. The van der Waals surface area contributed by atoms with E-state index >= 15 is 0 Å². The molecule has 0 atom stereocenters. The molecule has 0 amide bonds. The molecule has 7 rings (SSSR count). The molecule has 39 heavy (non-hydrogen) atoms. The second-order valence-electron chi connectivity index (χ2n) is 9.50. The van der Waals surface area contributed by atoms with Crippen LogP contribution < -0.4 is 5.32 Å². The van der Waals surface area contributed by atoms with Crippen molar-refractivity contribution in [3.8, 4) is 33.5 Å². The largest absolute Gasteiger partial charge is 0.354 e. The fourth-order valence-electron chi connectivity index (χ4n) is 5.24. The van der Waals surface area contributed by atoms with Gasteiger partial charge in [0, 0.05) is 11.3 Å². The number of benzene rings is 5. The van der Waals surface area contributed by atoms with E-state index in [1.54, 1.807) is 0 Å². The van der Waals surface area contributed by atoms with Crippen molar-refractivity contribution >= 4 is 39.7 Å². The van der Waals surface area contributed by atoms with Gasteiger partial charge in [0.2, 0.25) is 0 Å². The van der Waals surface area contributed by atoms with E-state index in [9.17, 15) is 0 Å². The van der Waals surface area contributed by atoms with Crippen LogP contribution in [-0.2, 0) is 0 Å². The first-order chi connectivity index (χ1) is 19.3. The SMILES string of the molecule is Clc1ccccc1Nc1ccc2c(c1)nc1c(-c3ccccc3)c(-c3ccccc3)cc(-c3ccccc3)n12. The number of fused-ring (bicyclic) bond motifs is 3. The van der Waals surface area contributed by atoms with E-state index in [1.807, 2.05) is 24.3 Å². The first-order valence-corrected chi connectivity index (χ1v) is 13.3. The Balaban J connectivity index is 1.55. The fourth-order valence-corrected chi connectivity index (χ4v) is 5.42. The average molecular weight is 522 g/mol. The zero-order valence-corrected chi connectivity index (χ0v) is 21.8. The molecule has 1 N–H and O–H groups in total. The summed E-state index contributed by atoms with van der Waals surface area (Å²) < 4.78 is 2.29. The van der Waals surface area contributed by atoms with Gasteiger partial charge in [0.15, 0.2) is 0 Å². The Morgan fingerprint density at radius 2 is 1.21 bits per heavy atom. The van der Waals surface area contributed by atoms with E-state index in [-0.39, 0.29) is 0 Å². The maximum Gasteiger partial charge on any atom is 0.146 e. The number of aromatic nitrogens is 2. The van der Waals surface area contributed by atoms with Crippen LogP contribution in [-0.4, -0.2) is 9.38 Å². The summed E-state index contributed by atoms with van der Waals surface area (Å²) in [6, 6.07) is 48.0. The predicted molar refractivity (Wildman–Crippen MR) is 164 cm³/mol. The van der Waals surface area contributed by atoms with Gasteiger partial charge in [-0.25, -0.2) is 4.98 Å². The summed E-state index contributed by atoms with van der Waals surface area (Å²) >= 11 is 6.43. The highest BCUT2D eigenvalue weighted by Gasteiger charge is 2.20. The van der Waals surface area contributed by atoms with Crippen LogP contribution in [0.15, 0.2) is 140 Å². The topological polar surface area (TPSA) is 29.3 Å². The lowest BCUT2D eigenvalue weighted by Gasteiger charge is -2.17. The molecule has 0 saturated heterocycles. The molecule has 0 saturated carbocycles. The molecule has 0 unspecified atom stereocenters. The van der Waals surface area contributed by atoms with Crippen molar-refractivity contribution in [2.75, 3.05) is 5.32 Å². The summed E-state index contributed by atoms with van der Waals surface area (Å²) in [6.07, 6.45) is 0. The van der Waals surface area contributed by atoms with E-state index in [2.05, 4.69) is 125 Å². The minimum atomic E-state index is 0.679. The Morgan fingerprint density at radius 1 is 0.590 bits per heavy atom. The lowest BCUT2D eigenvalue weighted by molar-refractivity contribution is 1.23. The van der Waals surface area contributed by atoms with Gasteiger partial charge in [0.1, 0.15) is 5.65 Å². The summed E-state index contributed by atoms with van der Waals surface area (Å²) in [5.74, 6) is 0. The number of halogens is 1. The van der Waals surface area contributed by atoms with Crippen LogP contribution in [0.2, 0.25) is 5.02 Å². The van der Waals surface area contributed by atoms with Gasteiger partial charge in [-0.15, -0.1) is 0 Å². The number of para-hydroxylation sites is 1. The fraction of sp³-hybridized carbons (Fsp3) is 0. The van der Waals surface area contributed by atoms with Gasteiger partial charge < -0.3 is 5.32 Å². The second-order valence-corrected chi connectivity index (χ2v) is 9.90. The second kappa shape index (κ2) is 9.79. The molecule has 0 radical (unpaired) electrons. The monoisotopic (exact) mass is 521 g/mol. The van der Waals surface area contributed by atoms with E-state index in [0.717, 1.165) is 61.6 Å². The van der Waals surface area contributed by atoms with Gasteiger partial charge in [-0.1, -0.05) is 115 Å². The Morgan fingerprint density at radius 3 is 1.90 bits per heavy atom. The molecular weight excluding hydrogens is 498 g/mol. The van der Waals surface area contributed by atoms with Crippen molar-refractivity contribution in [1.82, 2.24) is 9.38 Å². The van der Waals surface area contributed by atoms with E-state index in [0.29, 0.717) is 5.02 Å². The molecule has 0 aliphatic rings. The predicted octanol–water partition coefficient (Wildman–Crippen LogP) is 9.89. The Kier molecular flexibility index (Phi) is 5.84. The van der Waals surface area contributed by atoms with Gasteiger partial charge in [-0.2, -0.15) is 0 Å². The molecule has 4 heteroatoms. The summed E-state index contributed by atoms with van der Waals surface area (Å²) in [6.45, 7) is 0. The van der Waals surface area contributed by atoms with Crippen LogP contribution in [0.3, 0.4) is 0 Å². The van der Waals surface area contributed by atoms with Crippen LogP contribution in [0, 0.1) is 0 Å². The van der Waals surface area contributed by atoms with Crippen LogP contribution >= 0.6 is 11.6 Å². The number of imidazole rings is 1. The standard InChI is InChI=1S/C35H24ClN3/c36-29-18-10-11-19-30(29)37-27-20-21-32-31(22-27)38-35-34(26-16-8-3-9-17-26)28(24-12-4-1-5-13-24)23-33(39(32)35)25-14-6-2-7-15-25/h1-23,37H. The zero-order chi connectivity index (χ0) is 26.2. The number of anilines is 2. The van der Waals surface area contributed by atoms with Crippen molar-refractivity contribution in [1.29, 1.82) is 0 Å². The first kappa shape index (κ1) is 23.3. The molecule has 2 aromatic heterocycles. The molecule has 186 valence electrons. The number of nitrogens with one attached hydrogen (secondary N) is 1. The lowest BCUT2D eigenvalue weighted by Crippen LogP contribution is -1.98. The molecule has 0 fully saturated rings. The van der Waals surface area contributed by atoms with Crippen LogP contribution in [0.4, 0.5) is 11.4 Å². The highest BCUT2D eigenvalue weighted by atomic mass is 35.5. The van der Waals surface area contributed by atoms with Crippen LogP contribution in [0.5, 0.6) is 0 Å². The average Bonchev–Trinajstić information content (AvgIpc) is 3.37. The minimum absolute atomic E-state index is 0.679. The number of nitrogens with zero attached hydrogens (tertiary/aromatic N) is 2. The van der Waals surface area contributed by atoms with Gasteiger partial charge in [-0.05, 0) is 58.7 Å². The van der Waals surface area contributed by atoms with Crippen molar-refractivity contribution in [2.24, 2.45) is 0 Å². The smallest absolute Gasteiger partial charge is 0.146 e. The molecular formula is C35H24ClN3. The van der Waals surface area contributed by atoms with E-state index < -0.39 is 0 Å². The molecule has 2 heterocycles. The Hall–Kier alpha value is -4.86. The highest BCUT2D eigenvalue weighted by molar-refractivity contribution is 6.33. The van der Waals surface area contributed by atoms with Gasteiger partial charge in [0.25, 0.3) is 0 Å². The van der Waals surface area contributed by atoms with Crippen LogP contribution in [0.25, 0.3) is 50.2 Å². The summed E-state index contributed by atoms with van der Waals surface area (Å²) in [5.41, 5.74) is 11.5. The van der Waals surface area contributed by atoms with Gasteiger partial charge in [0.05, 0.1) is 27.4 Å². The Bertz CT molecular complexity index is 1930. The van der Waals surface area contributed by atoms with Crippen molar-refractivity contribution in [2.45, 2.75) is 0 Å². The molecule has 7 aromatic rings. The third-order valence-electron chi connectivity index (χ3n) is 7.04. The van der Waals surface area contributed by atoms with E-state index in [1.165, 1.54) is 0 Å². The number of rotatable bonds is 5. The third kappa shape index (κ3) is 4.23. The molecule has 0 aliphatic heterocycles. The summed E-state index contributed by atoms with van der Waals surface area (Å²) in [7, 11) is 0. The van der Waals surface area contributed by atoms with Crippen molar-refractivity contribution < 1.29 is 0 Å². The van der Waals surface area contributed by atoms with E-state index in [4.69, 9.17) is 16.6 Å².